The summed E-state index contributed by atoms with van der Waals surface area (Å²) < 4.78 is 0. The van der Waals surface area contributed by atoms with Crippen molar-refractivity contribution in [3.8, 4) is 0 Å². The molecular weight excluding hydrogens is 324 g/mol. The topological polar surface area (TPSA) is 58.1 Å². The van der Waals surface area contributed by atoms with Crippen LogP contribution >= 0.6 is 0 Å². The number of nitrogens with one attached hydrogen (secondary N) is 1. The molecule has 1 aliphatic heterocycles. The van der Waals surface area contributed by atoms with Crippen molar-refractivity contribution in [1.29, 1.82) is 0 Å². The van der Waals surface area contributed by atoms with Gasteiger partial charge in [-0.2, -0.15) is 0 Å². The van der Waals surface area contributed by atoms with Crippen molar-refractivity contribution in [2.45, 2.75) is 19.3 Å². The van der Waals surface area contributed by atoms with E-state index in [1.807, 2.05) is 41.4 Å². The molecule has 1 aromatic carbocycles. The van der Waals surface area contributed by atoms with E-state index in [0.717, 1.165) is 43.6 Å². The summed E-state index contributed by atoms with van der Waals surface area (Å²) in [5.41, 5.74) is 3.06. The molecule has 5 heteroatoms. The van der Waals surface area contributed by atoms with Crippen LogP contribution in [0.5, 0.6) is 0 Å². The Labute approximate surface area is 153 Å². The highest BCUT2D eigenvalue weighted by Crippen LogP contribution is 2.23. The van der Waals surface area contributed by atoms with Gasteiger partial charge in [0.25, 0.3) is 0 Å². The van der Waals surface area contributed by atoms with E-state index in [4.69, 9.17) is 0 Å². The van der Waals surface area contributed by atoms with Crippen molar-refractivity contribution in [3.05, 3.63) is 66.6 Å². The fourth-order valence-corrected chi connectivity index (χ4v) is 3.54. The summed E-state index contributed by atoms with van der Waals surface area (Å²) in [6.07, 6.45) is 8.42. The van der Waals surface area contributed by atoms with E-state index in [0.29, 0.717) is 5.92 Å². The lowest BCUT2D eigenvalue weighted by Gasteiger charge is -2.32. The van der Waals surface area contributed by atoms with Gasteiger partial charge in [0.2, 0.25) is 0 Å². The maximum Gasteiger partial charge on any atom is 0.321 e. The Hall–Kier alpha value is -2.95. The second-order valence-electron chi connectivity index (χ2n) is 6.84. The number of carbonyl (C=O) groups is 1. The number of anilines is 1. The Balaban J connectivity index is 1.32. The smallest absolute Gasteiger partial charge is 0.321 e. The van der Waals surface area contributed by atoms with E-state index >= 15 is 0 Å². The number of para-hydroxylation sites is 1. The summed E-state index contributed by atoms with van der Waals surface area (Å²) in [5, 5.41) is 4.10. The quantitative estimate of drug-likeness (QED) is 0.776. The molecule has 1 N–H and O–H groups in total. The first-order valence-electron chi connectivity index (χ1n) is 9.07. The van der Waals surface area contributed by atoms with E-state index < -0.39 is 0 Å². The van der Waals surface area contributed by atoms with Gasteiger partial charge >= 0.3 is 6.03 Å². The first-order valence-corrected chi connectivity index (χ1v) is 9.07. The minimum Gasteiger partial charge on any atom is -0.325 e. The van der Waals surface area contributed by atoms with Crippen LogP contribution < -0.4 is 5.32 Å². The van der Waals surface area contributed by atoms with E-state index in [9.17, 15) is 4.79 Å². The fraction of sp³-hybridized carbons (Fsp3) is 0.286. The van der Waals surface area contributed by atoms with Crippen molar-refractivity contribution in [3.63, 3.8) is 0 Å². The fourth-order valence-electron chi connectivity index (χ4n) is 3.54. The molecule has 0 unspecified atom stereocenters. The molecule has 1 saturated heterocycles. The Morgan fingerprint density at radius 2 is 1.96 bits per heavy atom. The lowest BCUT2D eigenvalue weighted by Crippen LogP contribution is -2.41. The number of pyridine rings is 2. The minimum absolute atomic E-state index is 0.0381. The van der Waals surface area contributed by atoms with E-state index in [2.05, 4.69) is 27.4 Å². The molecule has 0 radical (unpaired) electrons. The number of carbonyl (C=O) groups excluding carboxylic acids is 1. The molecule has 0 spiro atoms. The number of rotatable bonds is 3. The van der Waals surface area contributed by atoms with Gasteiger partial charge in [0.1, 0.15) is 0 Å². The summed E-state index contributed by atoms with van der Waals surface area (Å²) in [7, 11) is 0. The highest BCUT2D eigenvalue weighted by atomic mass is 16.2. The molecule has 1 fully saturated rings. The van der Waals surface area contributed by atoms with E-state index in [1.165, 1.54) is 10.9 Å². The normalized spacial score (nSPS) is 15.2. The zero-order chi connectivity index (χ0) is 17.8. The second kappa shape index (κ2) is 7.52. The molecule has 2 amide bonds. The number of aromatic nitrogens is 2. The molecule has 0 saturated carbocycles. The second-order valence-corrected chi connectivity index (χ2v) is 6.84. The van der Waals surface area contributed by atoms with Crippen LogP contribution in [0, 0.1) is 5.92 Å². The molecule has 0 atom stereocenters. The zero-order valence-corrected chi connectivity index (χ0v) is 14.6. The molecule has 1 aliphatic rings. The van der Waals surface area contributed by atoms with Gasteiger partial charge in [-0.3, -0.25) is 9.97 Å². The molecular formula is C21H22N4O. The van der Waals surface area contributed by atoms with E-state index in [1.54, 1.807) is 12.4 Å². The van der Waals surface area contributed by atoms with Crippen molar-refractivity contribution in [1.82, 2.24) is 14.9 Å². The number of hydrogen-bond donors (Lipinski definition) is 1. The van der Waals surface area contributed by atoms with Crippen molar-refractivity contribution >= 4 is 22.6 Å². The zero-order valence-electron chi connectivity index (χ0n) is 14.6. The van der Waals surface area contributed by atoms with Gasteiger partial charge in [-0.05, 0) is 55.0 Å². The largest absolute Gasteiger partial charge is 0.325 e. The van der Waals surface area contributed by atoms with Crippen LogP contribution in [0.25, 0.3) is 10.9 Å². The molecule has 132 valence electrons. The third-order valence-corrected chi connectivity index (χ3v) is 4.99. The van der Waals surface area contributed by atoms with Gasteiger partial charge in [-0.25, -0.2) is 4.79 Å². The molecule has 3 aromatic rings. The Morgan fingerprint density at radius 3 is 2.77 bits per heavy atom. The summed E-state index contributed by atoms with van der Waals surface area (Å²) in [6, 6.07) is 14.1. The van der Waals surface area contributed by atoms with Crippen LogP contribution in [-0.2, 0) is 6.42 Å². The number of nitrogens with zero attached hydrogens (tertiary/aromatic N) is 3. The number of piperidine rings is 1. The van der Waals surface area contributed by atoms with E-state index in [-0.39, 0.29) is 6.03 Å². The Bertz CT molecular complexity index is 889. The number of fused-ring (bicyclic) bond motifs is 1. The summed E-state index contributed by atoms with van der Waals surface area (Å²) in [5.74, 6) is 0.598. The van der Waals surface area contributed by atoms with Crippen LogP contribution in [0.1, 0.15) is 18.4 Å². The van der Waals surface area contributed by atoms with Gasteiger partial charge in [0, 0.05) is 30.9 Å². The lowest BCUT2D eigenvalue weighted by molar-refractivity contribution is 0.182. The minimum atomic E-state index is -0.0381. The molecule has 5 nitrogen and oxygen atoms in total. The molecule has 26 heavy (non-hydrogen) atoms. The van der Waals surface area contributed by atoms with Crippen molar-refractivity contribution in [2.75, 3.05) is 18.4 Å². The van der Waals surface area contributed by atoms with Crippen LogP contribution in [0.2, 0.25) is 0 Å². The first kappa shape index (κ1) is 16.5. The third kappa shape index (κ3) is 3.82. The van der Waals surface area contributed by atoms with Gasteiger partial charge in [-0.1, -0.05) is 18.2 Å². The molecule has 4 rings (SSSR count). The predicted molar refractivity (Wildman–Crippen MR) is 103 cm³/mol. The lowest BCUT2D eigenvalue weighted by atomic mass is 9.90. The monoisotopic (exact) mass is 346 g/mol. The van der Waals surface area contributed by atoms with Crippen LogP contribution in [0.3, 0.4) is 0 Å². The average Bonchev–Trinajstić information content (AvgIpc) is 2.69. The molecule has 0 bridgehead atoms. The predicted octanol–water partition coefficient (Wildman–Crippen LogP) is 4.12. The number of urea groups is 1. The van der Waals surface area contributed by atoms with Crippen LogP contribution in [-0.4, -0.2) is 34.0 Å². The van der Waals surface area contributed by atoms with Crippen molar-refractivity contribution in [2.24, 2.45) is 5.92 Å². The third-order valence-electron chi connectivity index (χ3n) is 4.99. The average molecular weight is 346 g/mol. The van der Waals surface area contributed by atoms with Gasteiger partial charge in [0.05, 0.1) is 17.4 Å². The van der Waals surface area contributed by atoms with Crippen LogP contribution in [0.4, 0.5) is 10.5 Å². The summed E-state index contributed by atoms with van der Waals surface area (Å²) in [6.45, 7) is 1.58. The molecule has 0 aliphatic carbocycles. The maximum absolute atomic E-state index is 12.4. The SMILES string of the molecule is O=C(Nc1cccnc1)N1CCC(Cc2cnc3ccccc3c2)CC1. The van der Waals surface area contributed by atoms with Crippen LogP contribution in [0.15, 0.2) is 61.1 Å². The number of hydrogen-bond acceptors (Lipinski definition) is 3. The standard InChI is InChI=1S/C21H22N4O/c26-21(24-19-5-3-9-22-15-19)25-10-7-16(8-11-25)12-17-13-18-4-1-2-6-20(18)23-14-17/h1-6,9,13-16H,7-8,10-12H2,(H,24,26). The summed E-state index contributed by atoms with van der Waals surface area (Å²) >= 11 is 0. The summed E-state index contributed by atoms with van der Waals surface area (Å²) in [4.78, 5) is 22.8. The highest BCUT2D eigenvalue weighted by molar-refractivity contribution is 5.89. The van der Waals surface area contributed by atoms with Gasteiger partial charge in [-0.15, -0.1) is 0 Å². The first-order chi connectivity index (χ1) is 12.8. The highest BCUT2D eigenvalue weighted by Gasteiger charge is 2.23. The van der Waals surface area contributed by atoms with Gasteiger partial charge < -0.3 is 10.2 Å². The number of likely N-dealkylation sites (tertiary alicyclic amines) is 1. The van der Waals surface area contributed by atoms with Gasteiger partial charge in [0.15, 0.2) is 0 Å². The molecule has 3 heterocycles. The number of amides is 2. The number of benzene rings is 1. The maximum atomic E-state index is 12.4. The van der Waals surface area contributed by atoms with Crippen molar-refractivity contribution < 1.29 is 4.79 Å². The Morgan fingerprint density at radius 1 is 1.12 bits per heavy atom. The Kier molecular flexibility index (Phi) is 4.78. The molecule has 2 aromatic heterocycles.